The summed E-state index contributed by atoms with van der Waals surface area (Å²) in [6.07, 6.45) is 1.72. The van der Waals surface area contributed by atoms with Crippen molar-refractivity contribution in [1.29, 1.82) is 0 Å². The first-order valence-corrected chi connectivity index (χ1v) is 12.0. The molecule has 166 valence electrons. The summed E-state index contributed by atoms with van der Waals surface area (Å²) in [5.41, 5.74) is 3.85. The lowest BCUT2D eigenvalue weighted by Gasteiger charge is -2.30. The van der Waals surface area contributed by atoms with E-state index < -0.39 is 0 Å². The van der Waals surface area contributed by atoms with Crippen LogP contribution in [0, 0.1) is 7.14 Å². The van der Waals surface area contributed by atoms with Gasteiger partial charge in [-0.15, -0.1) is 0 Å². The van der Waals surface area contributed by atoms with Crippen LogP contribution in [-0.2, 0) is 9.47 Å². The zero-order valence-electron chi connectivity index (χ0n) is 17.1. The number of ether oxygens (including phenoxy) is 3. The Morgan fingerprint density at radius 2 is 1.55 bits per heavy atom. The first-order chi connectivity index (χ1) is 15.1. The summed E-state index contributed by atoms with van der Waals surface area (Å²) in [7, 11) is 1.66. The molecule has 0 radical (unpaired) electrons. The van der Waals surface area contributed by atoms with Crippen molar-refractivity contribution >= 4 is 69.2 Å². The van der Waals surface area contributed by atoms with Crippen molar-refractivity contribution in [2.24, 2.45) is 5.10 Å². The number of nitrogens with one attached hydrogen (secondary N) is 1. The first-order valence-electron chi connectivity index (χ1n) is 9.87. The van der Waals surface area contributed by atoms with Gasteiger partial charge < -0.3 is 24.0 Å². The lowest BCUT2D eigenvalue weighted by atomic mass is 10.2. The maximum Gasteiger partial charge on any atom is 0.250 e. The molecule has 1 aromatic heterocycles. The van der Waals surface area contributed by atoms with Gasteiger partial charge in [-0.2, -0.15) is 20.1 Å². The van der Waals surface area contributed by atoms with E-state index in [4.69, 9.17) is 19.2 Å². The van der Waals surface area contributed by atoms with Gasteiger partial charge in [-0.05, 0) is 57.3 Å². The highest BCUT2D eigenvalue weighted by Crippen LogP contribution is 2.27. The molecule has 2 aromatic rings. The SMILES string of the molecule is COc1c(I)cc(I)cc1/C=N/Nc1nc(N2CCOCC2)nc(N2CCOCC2)n1. The van der Waals surface area contributed by atoms with Gasteiger partial charge in [-0.25, -0.2) is 5.43 Å². The molecule has 31 heavy (non-hydrogen) atoms. The number of methoxy groups -OCH3 is 1. The molecule has 0 saturated carbocycles. The van der Waals surface area contributed by atoms with Crippen molar-refractivity contribution in [1.82, 2.24) is 15.0 Å². The number of hydrogen-bond donors (Lipinski definition) is 1. The highest BCUT2D eigenvalue weighted by atomic mass is 127. The maximum atomic E-state index is 5.52. The van der Waals surface area contributed by atoms with Crippen molar-refractivity contribution in [3.63, 3.8) is 0 Å². The second-order valence-corrected chi connectivity index (χ2v) is 9.25. The molecule has 2 fully saturated rings. The van der Waals surface area contributed by atoms with E-state index in [1.54, 1.807) is 13.3 Å². The van der Waals surface area contributed by atoms with Crippen LogP contribution in [0.2, 0.25) is 0 Å². The van der Waals surface area contributed by atoms with Crippen molar-refractivity contribution in [3.8, 4) is 5.75 Å². The minimum atomic E-state index is 0.397. The average molecular weight is 651 g/mol. The van der Waals surface area contributed by atoms with Crippen molar-refractivity contribution < 1.29 is 14.2 Å². The van der Waals surface area contributed by atoms with Gasteiger partial charge in [-0.1, -0.05) is 0 Å². The molecule has 1 aromatic carbocycles. The molecule has 0 amide bonds. The van der Waals surface area contributed by atoms with E-state index in [9.17, 15) is 0 Å². The van der Waals surface area contributed by atoms with Crippen LogP contribution in [0.1, 0.15) is 5.56 Å². The summed E-state index contributed by atoms with van der Waals surface area (Å²) in [5.74, 6) is 2.43. The molecule has 2 aliphatic rings. The van der Waals surface area contributed by atoms with E-state index in [0.29, 0.717) is 44.3 Å². The smallest absolute Gasteiger partial charge is 0.250 e. The molecule has 2 saturated heterocycles. The third kappa shape index (κ3) is 5.84. The van der Waals surface area contributed by atoms with Crippen LogP contribution in [0.5, 0.6) is 5.75 Å². The number of halogens is 2. The summed E-state index contributed by atoms with van der Waals surface area (Å²) >= 11 is 4.54. The summed E-state index contributed by atoms with van der Waals surface area (Å²) < 4.78 is 18.6. The quantitative estimate of drug-likeness (QED) is 0.287. The van der Waals surface area contributed by atoms with Gasteiger partial charge in [0.15, 0.2) is 0 Å². The number of rotatable bonds is 6. The minimum Gasteiger partial charge on any atom is -0.495 e. The Kier molecular flexibility index (Phi) is 7.95. The second-order valence-electron chi connectivity index (χ2n) is 6.84. The summed E-state index contributed by atoms with van der Waals surface area (Å²) in [5, 5.41) is 4.37. The normalized spacial score (nSPS) is 17.3. The number of hydrogen-bond acceptors (Lipinski definition) is 10. The van der Waals surface area contributed by atoms with Crippen molar-refractivity contribution in [2.75, 3.05) is 74.9 Å². The van der Waals surface area contributed by atoms with Crippen LogP contribution >= 0.6 is 45.2 Å². The van der Waals surface area contributed by atoms with Gasteiger partial charge in [0.1, 0.15) is 5.75 Å². The fourth-order valence-corrected chi connectivity index (χ4v) is 5.37. The third-order valence-corrected chi connectivity index (χ3v) is 6.23. The fraction of sp³-hybridized carbons (Fsp3) is 0.474. The Hall–Kier alpha value is -1.52. The predicted molar refractivity (Wildman–Crippen MR) is 136 cm³/mol. The zero-order chi connectivity index (χ0) is 21.6. The fourth-order valence-electron chi connectivity index (χ4n) is 3.26. The van der Waals surface area contributed by atoms with E-state index in [-0.39, 0.29) is 0 Å². The molecule has 4 rings (SSSR count). The molecule has 10 nitrogen and oxygen atoms in total. The lowest BCUT2D eigenvalue weighted by Crippen LogP contribution is -2.40. The summed E-state index contributed by atoms with van der Waals surface area (Å²) in [6.45, 7) is 5.60. The molecular formula is C19H23I2N7O3. The van der Waals surface area contributed by atoms with Crippen LogP contribution in [0.25, 0.3) is 0 Å². The number of morpholine rings is 2. The number of aromatic nitrogens is 3. The topological polar surface area (TPSA) is 97.2 Å². The molecule has 0 atom stereocenters. The van der Waals surface area contributed by atoms with Crippen molar-refractivity contribution in [3.05, 3.63) is 24.8 Å². The third-order valence-electron chi connectivity index (χ3n) is 4.81. The Labute approximate surface area is 208 Å². The van der Waals surface area contributed by atoms with Crippen LogP contribution in [0.3, 0.4) is 0 Å². The lowest BCUT2D eigenvalue weighted by molar-refractivity contribution is 0.121. The largest absolute Gasteiger partial charge is 0.495 e. The van der Waals surface area contributed by atoms with E-state index in [2.05, 4.69) is 81.5 Å². The summed E-state index contributed by atoms with van der Waals surface area (Å²) in [6, 6.07) is 4.07. The monoisotopic (exact) mass is 651 g/mol. The Morgan fingerprint density at radius 1 is 0.968 bits per heavy atom. The molecule has 2 aliphatic heterocycles. The Balaban J connectivity index is 1.58. The van der Waals surface area contributed by atoms with Crippen LogP contribution in [0.15, 0.2) is 17.2 Å². The molecular weight excluding hydrogens is 628 g/mol. The van der Waals surface area contributed by atoms with E-state index >= 15 is 0 Å². The maximum absolute atomic E-state index is 5.52. The standard InChI is InChI=1S/C19H23I2N7O3/c1-29-16-13(10-14(20)11-15(16)21)12-22-26-17-23-18(27-2-6-30-7-3-27)25-19(24-17)28-4-8-31-9-5-28/h10-12H,2-9H2,1H3,(H,23,24,25,26)/b22-12+. The van der Waals surface area contributed by atoms with Crippen LogP contribution in [0.4, 0.5) is 17.8 Å². The molecule has 3 heterocycles. The second kappa shape index (κ2) is 10.9. The highest BCUT2D eigenvalue weighted by molar-refractivity contribution is 14.1. The molecule has 12 heteroatoms. The van der Waals surface area contributed by atoms with E-state index in [0.717, 1.165) is 44.6 Å². The predicted octanol–water partition coefficient (Wildman–Crippen LogP) is 2.21. The van der Waals surface area contributed by atoms with Crippen LogP contribution in [-0.4, -0.2) is 80.9 Å². The number of anilines is 3. The molecule has 0 bridgehead atoms. The number of benzene rings is 1. The average Bonchev–Trinajstić information content (AvgIpc) is 2.80. The molecule has 1 N–H and O–H groups in total. The van der Waals surface area contributed by atoms with Crippen LogP contribution < -0.4 is 20.0 Å². The number of nitrogens with zero attached hydrogens (tertiary/aromatic N) is 6. The van der Waals surface area contributed by atoms with Crippen molar-refractivity contribution in [2.45, 2.75) is 0 Å². The van der Waals surface area contributed by atoms with Gasteiger partial charge >= 0.3 is 0 Å². The molecule has 0 unspecified atom stereocenters. The zero-order valence-corrected chi connectivity index (χ0v) is 21.4. The minimum absolute atomic E-state index is 0.397. The first kappa shape index (κ1) is 22.7. The summed E-state index contributed by atoms with van der Waals surface area (Å²) in [4.78, 5) is 18.1. The molecule has 0 spiro atoms. The van der Waals surface area contributed by atoms with E-state index in [1.165, 1.54) is 0 Å². The molecule has 0 aliphatic carbocycles. The Morgan fingerprint density at radius 3 is 2.10 bits per heavy atom. The van der Waals surface area contributed by atoms with Gasteiger partial charge in [-0.3, -0.25) is 0 Å². The van der Waals surface area contributed by atoms with E-state index in [1.807, 2.05) is 6.07 Å². The number of hydrazone groups is 1. The Bertz CT molecular complexity index is 899. The highest BCUT2D eigenvalue weighted by Gasteiger charge is 2.20. The van der Waals surface area contributed by atoms with Gasteiger partial charge in [0.2, 0.25) is 17.8 Å². The van der Waals surface area contributed by atoms with Gasteiger partial charge in [0.05, 0.1) is 43.3 Å². The van der Waals surface area contributed by atoms with Gasteiger partial charge in [0.25, 0.3) is 0 Å². The van der Waals surface area contributed by atoms with Gasteiger partial charge in [0, 0.05) is 35.3 Å².